The molecule has 0 saturated heterocycles. The summed E-state index contributed by atoms with van der Waals surface area (Å²) in [4.78, 5) is 10.4. The van der Waals surface area contributed by atoms with Crippen LogP contribution in [0.15, 0.2) is 34.9 Å². The van der Waals surface area contributed by atoms with Gasteiger partial charge in [-0.15, -0.1) is 0 Å². The van der Waals surface area contributed by atoms with Crippen LogP contribution >= 0.6 is 0 Å². The molecule has 1 unspecified atom stereocenters. The van der Waals surface area contributed by atoms with Crippen molar-refractivity contribution in [3.8, 4) is 0 Å². The molecule has 0 saturated carbocycles. The molecule has 2 rings (SSSR count). The number of fused-ring (bicyclic) bond motifs is 1. The highest BCUT2D eigenvalue weighted by Crippen LogP contribution is 2.27. The van der Waals surface area contributed by atoms with Gasteiger partial charge in [0.1, 0.15) is 11.9 Å². The first-order chi connectivity index (χ1) is 6.83. The van der Waals surface area contributed by atoms with Gasteiger partial charge in [0.2, 0.25) is 0 Å². The van der Waals surface area contributed by atoms with Gasteiger partial charge >= 0.3 is 0 Å². The molecule has 1 atom stereocenters. The molecule has 1 aromatic carbocycles. The standard InChI is InChI=1S/C12H12O2/c1-9(5-7-13)11-4-2-3-10-6-8-14-12(10)11/h2-4,6-9H,5H2,1H3. The first-order valence-electron chi connectivity index (χ1n) is 4.72. The topological polar surface area (TPSA) is 30.2 Å². The number of para-hydroxylation sites is 1. The maximum absolute atomic E-state index is 10.4. The van der Waals surface area contributed by atoms with Crippen LogP contribution in [-0.2, 0) is 4.79 Å². The molecule has 0 fully saturated rings. The van der Waals surface area contributed by atoms with Crippen molar-refractivity contribution in [2.45, 2.75) is 19.3 Å². The molecule has 0 aliphatic carbocycles. The van der Waals surface area contributed by atoms with Crippen molar-refractivity contribution in [1.29, 1.82) is 0 Å². The molecule has 0 aliphatic heterocycles. The fourth-order valence-corrected chi connectivity index (χ4v) is 1.68. The van der Waals surface area contributed by atoms with Crippen molar-refractivity contribution in [3.05, 3.63) is 36.1 Å². The highest BCUT2D eigenvalue weighted by Gasteiger charge is 2.10. The Bertz CT molecular complexity index is 442. The molecule has 72 valence electrons. The number of hydrogen-bond acceptors (Lipinski definition) is 2. The molecule has 0 aliphatic rings. The fraction of sp³-hybridized carbons (Fsp3) is 0.250. The van der Waals surface area contributed by atoms with E-state index >= 15 is 0 Å². The first-order valence-corrected chi connectivity index (χ1v) is 4.72. The number of rotatable bonds is 3. The molecule has 0 spiro atoms. The molecule has 1 aromatic heterocycles. The lowest BCUT2D eigenvalue weighted by atomic mass is 9.97. The zero-order chi connectivity index (χ0) is 9.97. The number of furan rings is 1. The second-order valence-electron chi connectivity index (χ2n) is 3.49. The maximum atomic E-state index is 10.4. The van der Waals surface area contributed by atoms with Gasteiger partial charge in [-0.25, -0.2) is 0 Å². The summed E-state index contributed by atoms with van der Waals surface area (Å²) in [5.41, 5.74) is 2.02. The Morgan fingerprint density at radius 3 is 3.07 bits per heavy atom. The van der Waals surface area contributed by atoms with E-state index in [1.54, 1.807) is 6.26 Å². The SMILES string of the molecule is CC(CC=O)c1cccc2ccoc12. The van der Waals surface area contributed by atoms with Crippen molar-refractivity contribution in [2.24, 2.45) is 0 Å². The van der Waals surface area contributed by atoms with E-state index in [0.717, 1.165) is 22.8 Å². The summed E-state index contributed by atoms with van der Waals surface area (Å²) in [6, 6.07) is 7.96. The van der Waals surface area contributed by atoms with E-state index in [4.69, 9.17) is 4.42 Å². The van der Waals surface area contributed by atoms with E-state index in [1.165, 1.54) is 0 Å². The Labute approximate surface area is 82.5 Å². The zero-order valence-electron chi connectivity index (χ0n) is 8.07. The molecule has 0 amide bonds. The zero-order valence-corrected chi connectivity index (χ0v) is 8.07. The lowest BCUT2D eigenvalue weighted by molar-refractivity contribution is -0.108. The minimum Gasteiger partial charge on any atom is -0.464 e. The Kier molecular flexibility index (Phi) is 2.35. The minimum atomic E-state index is 0.224. The molecule has 0 N–H and O–H groups in total. The highest BCUT2D eigenvalue weighted by atomic mass is 16.3. The summed E-state index contributed by atoms with van der Waals surface area (Å²) >= 11 is 0. The molecule has 14 heavy (non-hydrogen) atoms. The van der Waals surface area contributed by atoms with Crippen LogP contribution in [0.25, 0.3) is 11.0 Å². The quantitative estimate of drug-likeness (QED) is 0.693. The Balaban J connectivity index is 2.50. The average Bonchev–Trinajstić information content (AvgIpc) is 2.65. The Hall–Kier alpha value is -1.57. The van der Waals surface area contributed by atoms with Crippen LogP contribution in [0.3, 0.4) is 0 Å². The normalized spacial score (nSPS) is 12.9. The van der Waals surface area contributed by atoms with Crippen molar-refractivity contribution in [1.82, 2.24) is 0 Å². The van der Waals surface area contributed by atoms with Gasteiger partial charge < -0.3 is 9.21 Å². The Morgan fingerprint density at radius 1 is 1.43 bits per heavy atom. The number of benzene rings is 1. The summed E-state index contributed by atoms with van der Waals surface area (Å²) in [5, 5.41) is 1.10. The number of carbonyl (C=O) groups is 1. The lowest BCUT2D eigenvalue weighted by Gasteiger charge is -2.07. The third kappa shape index (κ3) is 1.43. The van der Waals surface area contributed by atoms with Gasteiger partial charge in [0, 0.05) is 11.8 Å². The van der Waals surface area contributed by atoms with Crippen molar-refractivity contribution >= 4 is 17.3 Å². The summed E-state index contributed by atoms with van der Waals surface area (Å²) < 4.78 is 5.40. The maximum Gasteiger partial charge on any atom is 0.137 e. The van der Waals surface area contributed by atoms with Crippen LogP contribution < -0.4 is 0 Å². The van der Waals surface area contributed by atoms with E-state index in [-0.39, 0.29) is 5.92 Å². The fourth-order valence-electron chi connectivity index (χ4n) is 1.68. The number of carbonyl (C=O) groups excluding carboxylic acids is 1. The largest absolute Gasteiger partial charge is 0.464 e. The van der Waals surface area contributed by atoms with Crippen LogP contribution in [0.5, 0.6) is 0 Å². The second kappa shape index (κ2) is 3.66. The van der Waals surface area contributed by atoms with Gasteiger partial charge in [0.05, 0.1) is 6.26 Å². The molecule has 2 heteroatoms. The van der Waals surface area contributed by atoms with Gasteiger partial charge in [0.15, 0.2) is 0 Å². The molecule has 2 aromatic rings. The lowest BCUT2D eigenvalue weighted by Crippen LogP contribution is -1.94. The van der Waals surface area contributed by atoms with Crippen LogP contribution in [0.1, 0.15) is 24.8 Å². The molecule has 1 heterocycles. The third-order valence-electron chi connectivity index (χ3n) is 2.49. The summed E-state index contributed by atoms with van der Waals surface area (Å²) in [7, 11) is 0. The highest BCUT2D eigenvalue weighted by molar-refractivity contribution is 5.81. The molecular formula is C12H12O2. The summed E-state index contributed by atoms with van der Waals surface area (Å²) in [6.07, 6.45) is 3.17. The van der Waals surface area contributed by atoms with Crippen molar-refractivity contribution in [2.75, 3.05) is 0 Å². The average molecular weight is 188 g/mol. The van der Waals surface area contributed by atoms with E-state index in [1.807, 2.05) is 31.2 Å². The van der Waals surface area contributed by atoms with Crippen LogP contribution in [0.4, 0.5) is 0 Å². The van der Waals surface area contributed by atoms with Crippen LogP contribution in [0, 0.1) is 0 Å². The van der Waals surface area contributed by atoms with E-state index in [9.17, 15) is 4.79 Å². The molecular weight excluding hydrogens is 176 g/mol. The minimum absolute atomic E-state index is 0.224. The van der Waals surface area contributed by atoms with Gasteiger partial charge in [0.25, 0.3) is 0 Å². The van der Waals surface area contributed by atoms with Crippen LogP contribution in [0.2, 0.25) is 0 Å². The van der Waals surface area contributed by atoms with Gasteiger partial charge in [-0.1, -0.05) is 25.1 Å². The third-order valence-corrected chi connectivity index (χ3v) is 2.49. The number of hydrogen-bond donors (Lipinski definition) is 0. The molecule has 2 nitrogen and oxygen atoms in total. The van der Waals surface area contributed by atoms with Gasteiger partial charge in [-0.3, -0.25) is 0 Å². The van der Waals surface area contributed by atoms with E-state index in [0.29, 0.717) is 6.42 Å². The summed E-state index contributed by atoms with van der Waals surface area (Å²) in [5.74, 6) is 0.224. The predicted molar refractivity (Wildman–Crippen MR) is 55.3 cm³/mol. The summed E-state index contributed by atoms with van der Waals surface area (Å²) in [6.45, 7) is 2.03. The van der Waals surface area contributed by atoms with Crippen LogP contribution in [-0.4, -0.2) is 6.29 Å². The smallest absolute Gasteiger partial charge is 0.137 e. The second-order valence-corrected chi connectivity index (χ2v) is 3.49. The Morgan fingerprint density at radius 2 is 2.29 bits per heavy atom. The van der Waals surface area contributed by atoms with Gasteiger partial charge in [-0.2, -0.15) is 0 Å². The van der Waals surface area contributed by atoms with E-state index in [2.05, 4.69) is 0 Å². The predicted octanol–water partition coefficient (Wildman–Crippen LogP) is 3.13. The van der Waals surface area contributed by atoms with Crippen molar-refractivity contribution < 1.29 is 9.21 Å². The van der Waals surface area contributed by atoms with Crippen molar-refractivity contribution in [3.63, 3.8) is 0 Å². The monoisotopic (exact) mass is 188 g/mol. The molecule has 0 radical (unpaired) electrons. The number of aldehydes is 1. The molecule has 0 bridgehead atoms. The van der Waals surface area contributed by atoms with E-state index < -0.39 is 0 Å². The first kappa shape index (κ1) is 9.00. The van der Waals surface area contributed by atoms with Gasteiger partial charge in [-0.05, 0) is 17.5 Å².